The lowest BCUT2D eigenvalue weighted by atomic mass is 10.2. The molecule has 21 heavy (non-hydrogen) atoms. The second kappa shape index (κ2) is 6.60. The minimum absolute atomic E-state index is 0.00702. The van der Waals surface area contributed by atoms with Gasteiger partial charge in [0.25, 0.3) is 0 Å². The molecule has 0 unspecified atom stereocenters. The Hall–Kier alpha value is -1.37. The zero-order valence-corrected chi connectivity index (χ0v) is 12.9. The molecule has 0 saturated carbocycles. The molecule has 1 aromatic rings. The third-order valence-electron chi connectivity index (χ3n) is 3.34. The lowest BCUT2D eigenvalue weighted by molar-refractivity contribution is 0.0696. The van der Waals surface area contributed by atoms with Crippen LogP contribution in [0.1, 0.15) is 36.0 Å². The number of rotatable bonds is 6. The summed E-state index contributed by atoms with van der Waals surface area (Å²) in [5.74, 6) is -1.20. The quantitative estimate of drug-likeness (QED) is 0.786. The molecule has 0 aliphatic heterocycles. The van der Waals surface area contributed by atoms with E-state index in [1.54, 1.807) is 0 Å². The molecule has 7 heteroatoms. The number of hydrogen-bond acceptors (Lipinski definition) is 3. The maximum absolute atomic E-state index is 12.2. The number of carbonyl (C=O) groups is 1. The van der Waals surface area contributed by atoms with Gasteiger partial charge in [-0.1, -0.05) is 23.3 Å². The van der Waals surface area contributed by atoms with Crippen LogP contribution >= 0.6 is 11.6 Å². The maximum Gasteiger partial charge on any atom is 0.335 e. The number of benzene rings is 1. The van der Waals surface area contributed by atoms with Crippen LogP contribution in [0.2, 0.25) is 5.02 Å². The van der Waals surface area contributed by atoms with E-state index in [2.05, 4.69) is 10.8 Å². The van der Waals surface area contributed by atoms with Crippen molar-refractivity contribution in [3.63, 3.8) is 0 Å². The minimum Gasteiger partial charge on any atom is -0.478 e. The predicted octanol–water partition coefficient (Wildman–Crippen LogP) is 2.82. The van der Waals surface area contributed by atoms with Crippen molar-refractivity contribution in [3.05, 3.63) is 40.4 Å². The summed E-state index contributed by atoms with van der Waals surface area (Å²) in [5, 5.41) is 8.93. The summed E-state index contributed by atoms with van der Waals surface area (Å²) in [6, 6.07) is 3.62. The van der Waals surface area contributed by atoms with Gasteiger partial charge >= 0.3 is 5.97 Å². The topological polar surface area (TPSA) is 83.5 Å². The fourth-order valence-electron chi connectivity index (χ4n) is 2.23. The fraction of sp³-hybridized carbons (Fsp3) is 0.357. The lowest BCUT2D eigenvalue weighted by Gasteiger charge is -2.09. The molecule has 1 aromatic carbocycles. The van der Waals surface area contributed by atoms with E-state index in [0.717, 1.165) is 25.3 Å². The Kier molecular flexibility index (Phi) is 5.03. The molecule has 1 aliphatic rings. The van der Waals surface area contributed by atoms with Crippen molar-refractivity contribution < 1.29 is 18.3 Å². The molecule has 0 saturated heterocycles. The van der Waals surface area contributed by atoms with Gasteiger partial charge in [0.15, 0.2) is 0 Å². The molecule has 5 nitrogen and oxygen atoms in total. The highest BCUT2D eigenvalue weighted by Crippen LogP contribution is 2.23. The molecule has 0 amide bonds. The Morgan fingerprint density at radius 1 is 1.38 bits per heavy atom. The van der Waals surface area contributed by atoms with Gasteiger partial charge in [-0.05, 0) is 43.9 Å². The Labute approximate surface area is 128 Å². The van der Waals surface area contributed by atoms with Gasteiger partial charge in [0.05, 0.1) is 10.6 Å². The van der Waals surface area contributed by atoms with Gasteiger partial charge in [0.2, 0.25) is 10.0 Å². The molecule has 0 fully saturated rings. The largest absolute Gasteiger partial charge is 0.478 e. The monoisotopic (exact) mass is 329 g/mol. The highest BCUT2D eigenvalue weighted by molar-refractivity contribution is 7.89. The zero-order valence-electron chi connectivity index (χ0n) is 11.3. The van der Waals surface area contributed by atoms with Gasteiger partial charge in [0, 0.05) is 6.54 Å². The normalized spacial score (nSPS) is 15.0. The molecule has 1 aliphatic carbocycles. The van der Waals surface area contributed by atoms with Crippen LogP contribution in [0.25, 0.3) is 0 Å². The molecule has 114 valence electrons. The summed E-state index contributed by atoms with van der Waals surface area (Å²) in [5.41, 5.74) is 1.14. The van der Waals surface area contributed by atoms with Crippen molar-refractivity contribution in [3.8, 4) is 0 Å². The van der Waals surface area contributed by atoms with Crippen LogP contribution < -0.4 is 4.72 Å². The molecule has 0 heterocycles. The van der Waals surface area contributed by atoms with E-state index in [1.165, 1.54) is 17.7 Å². The van der Waals surface area contributed by atoms with E-state index in [9.17, 15) is 13.2 Å². The number of hydrogen-bond donors (Lipinski definition) is 2. The smallest absolute Gasteiger partial charge is 0.335 e. The number of carboxylic acid groups (broad SMARTS) is 1. The minimum atomic E-state index is -3.81. The summed E-state index contributed by atoms with van der Waals surface area (Å²) >= 11 is 5.87. The molecular weight excluding hydrogens is 314 g/mol. The number of carboxylic acids is 1. The first-order chi connectivity index (χ1) is 9.90. The molecular formula is C14H16ClNO4S. The van der Waals surface area contributed by atoms with Crippen molar-refractivity contribution in [1.29, 1.82) is 0 Å². The highest BCUT2D eigenvalue weighted by Gasteiger charge is 2.20. The first kappa shape index (κ1) is 16.0. The van der Waals surface area contributed by atoms with Gasteiger partial charge < -0.3 is 5.11 Å². The number of sulfonamides is 1. The average Bonchev–Trinajstić information content (AvgIpc) is 2.91. The van der Waals surface area contributed by atoms with Crippen LogP contribution in [0.3, 0.4) is 0 Å². The predicted molar refractivity (Wildman–Crippen MR) is 80.2 cm³/mol. The van der Waals surface area contributed by atoms with Gasteiger partial charge in [-0.3, -0.25) is 0 Å². The first-order valence-electron chi connectivity index (χ1n) is 6.60. The first-order valence-corrected chi connectivity index (χ1v) is 8.47. The standard InChI is InChI=1S/C14H16ClNO4S/c15-12-6-5-11(14(17)18)9-13(12)21(19,20)16-8-7-10-3-1-2-4-10/h3,5-6,9,16H,1-2,4,7-8H2,(H,17,18). The van der Waals surface area contributed by atoms with Crippen LogP contribution in [0.5, 0.6) is 0 Å². The van der Waals surface area contributed by atoms with Crippen LogP contribution in [0, 0.1) is 0 Å². The second-order valence-corrected chi connectivity index (χ2v) is 7.00. The molecule has 0 radical (unpaired) electrons. The Balaban J connectivity index is 2.11. The van der Waals surface area contributed by atoms with Crippen molar-refractivity contribution in [1.82, 2.24) is 4.72 Å². The van der Waals surface area contributed by atoms with E-state index >= 15 is 0 Å². The Morgan fingerprint density at radius 2 is 2.14 bits per heavy atom. The highest BCUT2D eigenvalue weighted by atomic mass is 35.5. The number of halogens is 1. The molecule has 0 atom stereocenters. The molecule has 2 rings (SSSR count). The van der Waals surface area contributed by atoms with Crippen LogP contribution in [-0.2, 0) is 10.0 Å². The Morgan fingerprint density at radius 3 is 2.76 bits per heavy atom. The summed E-state index contributed by atoms with van der Waals surface area (Å²) < 4.78 is 26.9. The second-order valence-electron chi connectivity index (χ2n) is 4.85. The van der Waals surface area contributed by atoms with Crippen molar-refractivity contribution in [2.24, 2.45) is 0 Å². The zero-order chi connectivity index (χ0) is 15.5. The summed E-state index contributed by atoms with van der Waals surface area (Å²) in [4.78, 5) is 10.7. The van der Waals surface area contributed by atoms with Crippen molar-refractivity contribution in [2.75, 3.05) is 6.54 Å². The summed E-state index contributed by atoms with van der Waals surface area (Å²) in [6.07, 6.45) is 5.97. The van der Waals surface area contributed by atoms with Gasteiger partial charge in [-0.2, -0.15) is 0 Å². The van der Waals surface area contributed by atoms with Crippen LogP contribution in [-0.4, -0.2) is 26.0 Å². The lowest BCUT2D eigenvalue weighted by Crippen LogP contribution is -2.25. The fourth-order valence-corrected chi connectivity index (χ4v) is 3.79. The van der Waals surface area contributed by atoms with Crippen molar-refractivity contribution >= 4 is 27.6 Å². The molecule has 0 aromatic heterocycles. The van der Waals surface area contributed by atoms with Crippen LogP contribution in [0.15, 0.2) is 34.7 Å². The summed E-state index contributed by atoms with van der Waals surface area (Å²) in [6.45, 7) is 0.280. The van der Waals surface area contributed by atoms with Gasteiger partial charge in [-0.25, -0.2) is 17.9 Å². The van der Waals surface area contributed by atoms with Gasteiger partial charge in [-0.15, -0.1) is 0 Å². The van der Waals surface area contributed by atoms with E-state index in [0.29, 0.717) is 6.42 Å². The maximum atomic E-state index is 12.2. The van der Waals surface area contributed by atoms with Crippen molar-refractivity contribution in [2.45, 2.75) is 30.6 Å². The number of nitrogens with one attached hydrogen (secondary N) is 1. The Bertz CT molecular complexity index is 682. The van der Waals surface area contributed by atoms with E-state index in [-0.39, 0.29) is 22.0 Å². The molecule has 0 bridgehead atoms. The SMILES string of the molecule is O=C(O)c1ccc(Cl)c(S(=O)(=O)NCCC2=CCCC2)c1. The third kappa shape index (κ3) is 4.06. The average molecular weight is 330 g/mol. The van der Waals surface area contributed by atoms with E-state index in [1.807, 2.05) is 0 Å². The summed E-state index contributed by atoms with van der Waals surface area (Å²) in [7, 11) is -3.81. The van der Waals surface area contributed by atoms with E-state index < -0.39 is 16.0 Å². The molecule has 0 spiro atoms. The van der Waals surface area contributed by atoms with Crippen LogP contribution in [0.4, 0.5) is 0 Å². The van der Waals surface area contributed by atoms with E-state index in [4.69, 9.17) is 16.7 Å². The number of allylic oxidation sites excluding steroid dienone is 1. The number of aromatic carboxylic acids is 1. The third-order valence-corrected chi connectivity index (χ3v) is 5.28. The van der Waals surface area contributed by atoms with Gasteiger partial charge in [0.1, 0.15) is 4.90 Å². The molecule has 2 N–H and O–H groups in total.